The molecule has 0 aliphatic carbocycles. The highest BCUT2D eigenvalue weighted by Gasteiger charge is 2.20. The molecule has 2 rings (SSSR count). The Morgan fingerprint density at radius 3 is 2.40 bits per heavy atom. The second kappa shape index (κ2) is 7.11. The first kappa shape index (κ1) is 15.4. The van der Waals surface area contributed by atoms with Gasteiger partial charge in [0.1, 0.15) is 17.6 Å². The van der Waals surface area contributed by atoms with Crippen molar-refractivity contribution in [3.05, 3.63) is 45.1 Å². The third-order valence-electron chi connectivity index (χ3n) is 2.74. The van der Waals surface area contributed by atoms with Gasteiger partial charge in [0.15, 0.2) is 0 Å². The van der Waals surface area contributed by atoms with Crippen LogP contribution < -0.4 is 15.2 Å². The Bertz CT molecular complexity index is 539. The topological polar surface area (TPSA) is 44.5 Å². The molecular formula is C15H18BrNO2S. The summed E-state index contributed by atoms with van der Waals surface area (Å²) in [5.74, 6) is 1.64. The van der Waals surface area contributed by atoms with E-state index in [0.29, 0.717) is 6.61 Å². The highest BCUT2D eigenvalue weighted by Crippen LogP contribution is 2.31. The molecule has 5 heteroatoms. The molecule has 0 fully saturated rings. The van der Waals surface area contributed by atoms with Gasteiger partial charge in [-0.15, -0.1) is 11.3 Å². The second-order valence-corrected chi connectivity index (χ2v) is 6.33. The van der Waals surface area contributed by atoms with Gasteiger partial charge in [-0.05, 0) is 60.1 Å². The molecule has 0 aliphatic rings. The van der Waals surface area contributed by atoms with Gasteiger partial charge in [0.25, 0.3) is 0 Å². The van der Waals surface area contributed by atoms with Gasteiger partial charge in [-0.25, -0.2) is 0 Å². The lowest BCUT2D eigenvalue weighted by Crippen LogP contribution is -2.28. The molecule has 1 heterocycles. The molecule has 0 amide bonds. The van der Waals surface area contributed by atoms with Crippen LogP contribution in [0.4, 0.5) is 0 Å². The Labute approximate surface area is 131 Å². The smallest absolute Gasteiger partial charge is 0.148 e. The van der Waals surface area contributed by atoms with E-state index in [1.165, 1.54) is 0 Å². The van der Waals surface area contributed by atoms with Gasteiger partial charge in [-0.3, -0.25) is 0 Å². The van der Waals surface area contributed by atoms with E-state index in [1.807, 2.05) is 49.6 Å². The highest BCUT2D eigenvalue weighted by atomic mass is 79.9. The molecule has 0 spiro atoms. The molecule has 3 nitrogen and oxygen atoms in total. The first-order chi connectivity index (χ1) is 9.60. The summed E-state index contributed by atoms with van der Waals surface area (Å²) in [4.78, 5) is 1.11. The van der Waals surface area contributed by atoms with Crippen LogP contribution in [-0.2, 0) is 0 Å². The van der Waals surface area contributed by atoms with Crippen molar-refractivity contribution >= 4 is 27.3 Å². The van der Waals surface area contributed by atoms with Crippen molar-refractivity contribution in [2.75, 3.05) is 6.61 Å². The number of ether oxygens (including phenoxy) is 2. The quantitative estimate of drug-likeness (QED) is 0.836. The van der Waals surface area contributed by atoms with Crippen LogP contribution in [0.25, 0.3) is 0 Å². The summed E-state index contributed by atoms with van der Waals surface area (Å²) in [5.41, 5.74) is 6.05. The monoisotopic (exact) mass is 355 g/mol. The maximum absolute atomic E-state index is 6.05. The standard InChI is InChI=1S/C15H18BrNO2S/c1-3-18-12-4-6-13(7-5-12)19-15(10(2)17)14-8-11(16)9-20-14/h4-10,15H,3,17H2,1-2H3. The zero-order valence-corrected chi connectivity index (χ0v) is 13.9. The summed E-state index contributed by atoms with van der Waals surface area (Å²) in [7, 11) is 0. The van der Waals surface area contributed by atoms with Gasteiger partial charge in [-0.1, -0.05) is 0 Å². The number of halogens is 1. The average molecular weight is 356 g/mol. The van der Waals surface area contributed by atoms with Crippen LogP contribution in [0.5, 0.6) is 11.5 Å². The fourth-order valence-corrected chi connectivity index (χ4v) is 3.42. The molecule has 1 aromatic carbocycles. The first-order valence-corrected chi connectivity index (χ1v) is 8.16. The largest absolute Gasteiger partial charge is 0.494 e. The van der Waals surface area contributed by atoms with E-state index in [9.17, 15) is 0 Å². The molecule has 0 saturated carbocycles. The summed E-state index contributed by atoms with van der Waals surface area (Å²) in [5, 5.41) is 2.03. The Hall–Kier alpha value is -1.04. The van der Waals surface area contributed by atoms with E-state index in [2.05, 4.69) is 15.9 Å². The molecule has 0 radical (unpaired) electrons. The third kappa shape index (κ3) is 3.98. The maximum atomic E-state index is 6.05. The molecule has 20 heavy (non-hydrogen) atoms. The lowest BCUT2D eigenvalue weighted by molar-refractivity contribution is 0.184. The molecule has 108 valence electrons. The van der Waals surface area contributed by atoms with Crippen molar-refractivity contribution in [1.82, 2.24) is 0 Å². The molecule has 0 aliphatic heterocycles. The van der Waals surface area contributed by atoms with E-state index in [-0.39, 0.29) is 12.1 Å². The lowest BCUT2D eigenvalue weighted by Gasteiger charge is -2.21. The van der Waals surface area contributed by atoms with Gasteiger partial charge in [0.2, 0.25) is 0 Å². The Kier molecular flexibility index (Phi) is 5.46. The normalized spacial score (nSPS) is 13.8. The number of rotatable bonds is 6. The lowest BCUT2D eigenvalue weighted by atomic mass is 10.1. The summed E-state index contributed by atoms with van der Waals surface area (Å²) in [6, 6.07) is 9.58. The van der Waals surface area contributed by atoms with Crippen molar-refractivity contribution < 1.29 is 9.47 Å². The minimum absolute atomic E-state index is 0.0906. The maximum Gasteiger partial charge on any atom is 0.148 e. The van der Waals surface area contributed by atoms with Gasteiger partial charge >= 0.3 is 0 Å². The summed E-state index contributed by atoms with van der Waals surface area (Å²) in [6.07, 6.45) is -0.149. The predicted octanol–water partition coefficient (Wildman–Crippen LogP) is 4.38. The molecule has 0 saturated heterocycles. The minimum Gasteiger partial charge on any atom is -0.494 e. The zero-order chi connectivity index (χ0) is 14.5. The van der Waals surface area contributed by atoms with E-state index in [1.54, 1.807) is 11.3 Å². The molecule has 2 N–H and O–H groups in total. The van der Waals surface area contributed by atoms with Crippen molar-refractivity contribution in [2.24, 2.45) is 5.73 Å². The van der Waals surface area contributed by atoms with Crippen molar-refractivity contribution in [2.45, 2.75) is 26.0 Å². The van der Waals surface area contributed by atoms with Crippen LogP contribution in [0.2, 0.25) is 0 Å². The number of benzene rings is 1. The van der Waals surface area contributed by atoms with Crippen LogP contribution in [0.1, 0.15) is 24.8 Å². The van der Waals surface area contributed by atoms with Crippen molar-refractivity contribution in [3.8, 4) is 11.5 Å². The molecule has 2 aromatic rings. The van der Waals surface area contributed by atoms with Gasteiger partial charge < -0.3 is 15.2 Å². The average Bonchev–Trinajstić information content (AvgIpc) is 2.84. The van der Waals surface area contributed by atoms with E-state index < -0.39 is 0 Å². The number of thiophene rings is 1. The van der Waals surface area contributed by atoms with Crippen LogP contribution >= 0.6 is 27.3 Å². The van der Waals surface area contributed by atoms with Crippen LogP contribution in [0.3, 0.4) is 0 Å². The fourth-order valence-electron chi connectivity index (χ4n) is 1.83. The molecule has 1 aromatic heterocycles. The zero-order valence-electron chi connectivity index (χ0n) is 11.5. The van der Waals surface area contributed by atoms with Crippen LogP contribution in [-0.4, -0.2) is 12.6 Å². The summed E-state index contributed by atoms with van der Waals surface area (Å²) >= 11 is 5.10. The number of hydrogen-bond acceptors (Lipinski definition) is 4. The first-order valence-electron chi connectivity index (χ1n) is 6.49. The molecule has 0 bridgehead atoms. The summed E-state index contributed by atoms with van der Waals surface area (Å²) < 4.78 is 12.5. The van der Waals surface area contributed by atoms with Crippen LogP contribution in [0.15, 0.2) is 40.2 Å². The molecule has 2 atom stereocenters. The van der Waals surface area contributed by atoms with E-state index >= 15 is 0 Å². The van der Waals surface area contributed by atoms with Crippen LogP contribution in [0, 0.1) is 0 Å². The second-order valence-electron chi connectivity index (χ2n) is 4.47. The van der Waals surface area contributed by atoms with Crippen molar-refractivity contribution in [1.29, 1.82) is 0 Å². The predicted molar refractivity (Wildman–Crippen MR) is 86.6 cm³/mol. The Morgan fingerprint density at radius 1 is 1.25 bits per heavy atom. The fraction of sp³-hybridized carbons (Fsp3) is 0.333. The van der Waals surface area contributed by atoms with Gasteiger partial charge in [0.05, 0.1) is 6.61 Å². The highest BCUT2D eigenvalue weighted by molar-refractivity contribution is 9.10. The van der Waals surface area contributed by atoms with E-state index in [0.717, 1.165) is 20.8 Å². The number of nitrogens with two attached hydrogens (primary N) is 1. The van der Waals surface area contributed by atoms with Crippen molar-refractivity contribution in [3.63, 3.8) is 0 Å². The Morgan fingerprint density at radius 2 is 1.90 bits per heavy atom. The van der Waals surface area contributed by atoms with Gasteiger partial charge in [0, 0.05) is 20.8 Å². The SMILES string of the molecule is CCOc1ccc(OC(c2cc(Br)cs2)C(C)N)cc1. The Balaban J connectivity index is 2.12. The number of hydrogen-bond donors (Lipinski definition) is 1. The van der Waals surface area contributed by atoms with E-state index in [4.69, 9.17) is 15.2 Å². The molecular weight excluding hydrogens is 338 g/mol. The molecule has 2 unspecified atom stereocenters. The summed E-state index contributed by atoms with van der Waals surface area (Å²) in [6.45, 7) is 4.57. The van der Waals surface area contributed by atoms with Gasteiger partial charge in [-0.2, -0.15) is 0 Å². The third-order valence-corrected chi connectivity index (χ3v) is 4.50. The minimum atomic E-state index is -0.149.